The van der Waals surface area contributed by atoms with Gasteiger partial charge in [0.2, 0.25) is 0 Å². The number of hydrogen-bond acceptors (Lipinski definition) is 8. The van der Waals surface area contributed by atoms with Gasteiger partial charge in [-0.3, -0.25) is 9.59 Å². The number of aliphatic carboxylic acids is 1. The summed E-state index contributed by atoms with van der Waals surface area (Å²) in [5.41, 5.74) is 0. The number of rotatable bonds is 3. The summed E-state index contributed by atoms with van der Waals surface area (Å²) in [6, 6.07) is 0. The second kappa shape index (κ2) is 7.89. The minimum absolute atomic E-state index is 0. The Kier molecular flexibility index (Phi) is 8.42. The summed E-state index contributed by atoms with van der Waals surface area (Å²) in [6.45, 7) is 0. The van der Waals surface area contributed by atoms with E-state index in [4.69, 9.17) is 15.2 Å². The van der Waals surface area contributed by atoms with Crippen LogP contribution in [0, 0.1) is 0 Å². The number of esters is 2. The van der Waals surface area contributed by atoms with Crippen LogP contribution >= 0.6 is 0 Å². The molecule has 9 nitrogen and oxygen atoms in total. The summed E-state index contributed by atoms with van der Waals surface area (Å²) in [5, 5.41) is 24.2. The number of carboxylic acid groups (broad SMARTS) is 1. The largest absolute Gasteiger partial charge is 1.00 e. The first-order valence-electron chi connectivity index (χ1n) is 3.36. The monoisotopic (exact) mass is 228 g/mol. The SMILES string of the molecule is O=C(O)CC(=O)OC(=O)C(=O)OB(O)O.[H-].[Li+]. The molecule has 0 aliphatic rings. The molecule has 0 aliphatic heterocycles. The van der Waals surface area contributed by atoms with Crippen molar-refractivity contribution in [1.82, 2.24) is 0 Å². The van der Waals surface area contributed by atoms with Crippen molar-refractivity contribution in [3.05, 3.63) is 0 Å². The Morgan fingerprint density at radius 2 is 1.62 bits per heavy atom. The third-order valence-electron chi connectivity index (χ3n) is 0.881. The Balaban J connectivity index is -0.000000980. The molecule has 0 rings (SSSR count). The van der Waals surface area contributed by atoms with Crippen molar-refractivity contribution in [2.45, 2.75) is 6.42 Å². The first kappa shape index (κ1) is 17.1. The molecule has 0 fully saturated rings. The van der Waals surface area contributed by atoms with Gasteiger partial charge in [0, 0.05) is 0 Å². The Hall–Kier alpha value is -1.34. The molecule has 0 saturated carbocycles. The smallest absolute Gasteiger partial charge is 1.00 e. The van der Waals surface area contributed by atoms with Crippen LogP contribution in [0.3, 0.4) is 0 Å². The molecule has 11 heteroatoms. The van der Waals surface area contributed by atoms with E-state index < -0.39 is 37.6 Å². The third kappa shape index (κ3) is 8.01. The van der Waals surface area contributed by atoms with Crippen LogP contribution in [0.1, 0.15) is 7.85 Å². The molecule has 84 valence electrons. The Morgan fingerprint density at radius 1 is 1.12 bits per heavy atom. The van der Waals surface area contributed by atoms with Crippen LogP contribution in [0.5, 0.6) is 0 Å². The maximum Gasteiger partial charge on any atom is 1.00 e. The topological polar surface area (TPSA) is 147 Å². The van der Waals surface area contributed by atoms with Crippen molar-refractivity contribution >= 4 is 31.2 Å². The van der Waals surface area contributed by atoms with Gasteiger partial charge in [0.1, 0.15) is 6.42 Å². The molecular formula is C5H6BLiO9. The van der Waals surface area contributed by atoms with Gasteiger partial charge in [-0.1, -0.05) is 0 Å². The Bertz CT molecular complexity index is 306. The zero-order chi connectivity index (χ0) is 12.0. The molecule has 0 unspecified atom stereocenters. The summed E-state index contributed by atoms with van der Waals surface area (Å²) in [5.74, 6) is -6.70. The molecule has 0 bridgehead atoms. The first-order valence-corrected chi connectivity index (χ1v) is 3.36. The molecule has 0 saturated heterocycles. The van der Waals surface area contributed by atoms with Crippen LogP contribution in [-0.4, -0.2) is 46.4 Å². The fourth-order valence-electron chi connectivity index (χ4n) is 0.448. The van der Waals surface area contributed by atoms with Crippen LogP contribution in [0.15, 0.2) is 0 Å². The van der Waals surface area contributed by atoms with Crippen molar-refractivity contribution in [3.63, 3.8) is 0 Å². The van der Waals surface area contributed by atoms with E-state index in [2.05, 4.69) is 9.39 Å². The number of hydrogen-bond donors (Lipinski definition) is 3. The molecule has 0 aliphatic carbocycles. The van der Waals surface area contributed by atoms with Crippen molar-refractivity contribution in [1.29, 1.82) is 0 Å². The molecule has 0 spiro atoms. The zero-order valence-corrected chi connectivity index (χ0v) is 8.08. The fourth-order valence-corrected chi connectivity index (χ4v) is 0.448. The summed E-state index contributed by atoms with van der Waals surface area (Å²) >= 11 is 0. The van der Waals surface area contributed by atoms with E-state index in [-0.39, 0.29) is 20.3 Å². The summed E-state index contributed by atoms with van der Waals surface area (Å²) in [6.07, 6.45) is -1.11. The molecule has 0 aromatic rings. The van der Waals surface area contributed by atoms with Crippen LogP contribution in [-0.2, 0) is 28.6 Å². The second-order valence-electron chi connectivity index (χ2n) is 2.06. The quantitative estimate of drug-likeness (QED) is 0.186. The van der Waals surface area contributed by atoms with E-state index in [0.717, 1.165) is 0 Å². The van der Waals surface area contributed by atoms with Crippen LogP contribution < -0.4 is 18.9 Å². The molecule has 0 aromatic heterocycles. The van der Waals surface area contributed by atoms with Gasteiger partial charge in [-0.15, -0.1) is 0 Å². The molecular weight excluding hydrogens is 222 g/mol. The van der Waals surface area contributed by atoms with Crippen molar-refractivity contribution in [2.75, 3.05) is 0 Å². The van der Waals surface area contributed by atoms with Gasteiger partial charge >= 0.3 is 50.1 Å². The maximum atomic E-state index is 10.5. The molecule has 0 atom stereocenters. The van der Waals surface area contributed by atoms with Crippen LogP contribution in [0.2, 0.25) is 0 Å². The molecule has 16 heavy (non-hydrogen) atoms. The number of carboxylic acids is 1. The van der Waals surface area contributed by atoms with Gasteiger partial charge in [0.25, 0.3) is 0 Å². The van der Waals surface area contributed by atoms with E-state index in [1.807, 2.05) is 0 Å². The van der Waals surface area contributed by atoms with Gasteiger partial charge in [-0.25, -0.2) is 9.59 Å². The Labute approximate surface area is 102 Å². The molecule has 0 amide bonds. The fraction of sp³-hybridized carbons (Fsp3) is 0.200. The average molecular weight is 228 g/mol. The average Bonchev–Trinajstić information content (AvgIpc) is 2.00. The summed E-state index contributed by atoms with van der Waals surface area (Å²) in [4.78, 5) is 41.4. The summed E-state index contributed by atoms with van der Waals surface area (Å²) < 4.78 is 7.18. The zero-order valence-electron chi connectivity index (χ0n) is 9.08. The number of carbonyl (C=O) groups excluding carboxylic acids is 3. The summed E-state index contributed by atoms with van der Waals surface area (Å²) in [7, 11) is -2.53. The van der Waals surface area contributed by atoms with Crippen molar-refractivity contribution < 1.29 is 64.0 Å². The van der Waals surface area contributed by atoms with E-state index >= 15 is 0 Å². The second-order valence-corrected chi connectivity index (χ2v) is 2.06. The predicted octanol–water partition coefficient (Wildman–Crippen LogP) is -5.84. The first-order chi connectivity index (χ1) is 6.82. The van der Waals surface area contributed by atoms with Gasteiger partial charge in [-0.2, -0.15) is 0 Å². The van der Waals surface area contributed by atoms with E-state index in [0.29, 0.717) is 0 Å². The predicted molar refractivity (Wildman–Crippen MR) is 40.7 cm³/mol. The third-order valence-corrected chi connectivity index (χ3v) is 0.881. The molecule has 0 radical (unpaired) electrons. The normalized spacial score (nSPS) is 8.38. The van der Waals surface area contributed by atoms with Crippen molar-refractivity contribution in [3.8, 4) is 0 Å². The molecule has 3 N–H and O–H groups in total. The van der Waals surface area contributed by atoms with Gasteiger partial charge < -0.3 is 26.0 Å². The standard InChI is InChI=1S/C5H5BO9.Li.H/c7-2(8)1-3(9)14-4(10)5(11)15-6(12)13;;/h12-13H,1H2,(H,7,8);;/q;+1;-1. The minimum Gasteiger partial charge on any atom is -1.00 e. The molecule has 0 aromatic carbocycles. The van der Waals surface area contributed by atoms with Crippen LogP contribution in [0.4, 0.5) is 0 Å². The van der Waals surface area contributed by atoms with E-state index in [1.54, 1.807) is 0 Å². The van der Waals surface area contributed by atoms with Gasteiger partial charge in [0.05, 0.1) is 0 Å². The van der Waals surface area contributed by atoms with Crippen molar-refractivity contribution in [2.24, 2.45) is 0 Å². The Morgan fingerprint density at radius 3 is 2.00 bits per heavy atom. The van der Waals surface area contributed by atoms with Gasteiger partial charge in [0.15, 0.2) is 0 Å². The maximum absolute atomic E-state index is 10.5. The number of carbonyl (C=O) groups is 4. The minimum atomic E-state index is -2.53. The van der Waals surface area contributed by atoms with E-state index in [9.17, 15) is 19.2 Å². The number of ether oxygens (including phenoxy) is 1. The van der Waals surface area contributed by atoms with E-state index in [1.165, 1.54) is 0 Å². The van der Waals surface area contributed by atoms with Crippen LogP contribution in [0.25, 0.3) is 0 Å². The van der Waals surface area contributed by atoms with Gasteiger partial charge in [-0.05, 0) is 0 Å². The molecule has 0 heterocycles.